The third-order valence-electron chi connectivity index (χ3n) is 4.34. The molecule has 1 aliphatic carbocycles. The van der Waals surface area contributed by atoms with Gasteiger partial charge in [0.25, 0.3) is 0 Å². The van der Waals surface area contributed by atoms with Gasteiger partial charge in [0.1, 0.15) is 5.82 Å². The summed E-state index contributed by atoms with van der Waals surface area (Å²) in [5, 5.41) is 3.20. The van der Waals surface area contributed by atoms with Gasteiger partial charge in [-0.05, 0) is 57.0 Å². The van der Waals surface area contributed by atoms with Crippen molar-refractivity contribution < 1.29 is 0 Å². The maximum atomic E-state index is 4.82. The summed E-state index contributed by atoms with van der Waals surface area (Å²) < 4.78 is 2.31. The topological polar surface area (TPSA) is 29.9 Å². The Morgan fingerprint density at radius 2 is 2.21 bits per heavy atom. The number of nitrogens with zero attached hydrogens (tertiary/aromatic N) is 2. The third-order valence-corrected chi connectivity index (χ3v) is 4.34. The largest absolute Gasteiger partial charge is 0.331 e. The Labute approximate surface area is 115 Å². The van der Waals surface area contributed by atoms with Crippen LogP contribution >= 0.6 is 0 Å². The van der Waals surface area contributed by atoms with Crippen LogP contribution in [0.3, 0.4) is 0 Å². The van der Waals surface area contributed by atoms with E-state index in [1.165, 1.54) is 42.6 Å². The van der Waals surface area contributed by atoms with Gasteiger partial charge in [-0.2, -0.15) is 0 Å². The van der Waals surface area contributed by atoms with Gasteiger partial charge in [-0.25, -0.2) is 4.98 Å². The lowest BCUT2D eigenvalue weighted by molar-refractivity contribution is 0.395. The van der Waals surface area contributed by atoms with E-state index >= 15 is 0 Å². The number of aryl methyl sites for hydroxylation is 2. The fraction of sp³-hybridized carbons (Fsp3) is 0.562. The van der Waals surface area contributed by atoms with Crippen LogP contribution < -0.4 is 5.32 Å². The maximum Gasteiger partial charge on any atom is 0.112 e. The molecule has 0 amide bonds. The number of benzene rings is 1. The normalized spacial score (nSPS) is 15.9. The van der Waals surface area contributed by atoms with E-state index < -0.39 is 0 Å². The molecule has 19 heavy (non-hydrogen) atoms. The molecule has 3 heteroatoms. The molecule has 1 saturated carbocycles. The highest BCUT2D eigenvalue weighted by molar-refractivity contribution is 5.77. The second-order valence-corrected chi connectivity index (χ2v) is 5.69. The molecule has 1 N–H and O–H groups in total. The molecular formula is C16H23N3. The Balaban J connectivity index is 1.87. The molecule has 3 rings (SSSR count). The molecule has 1 aliphatic rings. The summed E-state index contributed by atoms with van der Waals surface area (Å²) in [6.45, 7) is 1.08. The van der Waals surface area contributed by atoms with Gasteiger partial charge >= 0.3 is 0 Å². The molecule has 0 saturated heterocycles. The zero-order valence-electron chi connectivity index (χ0n) is 11.9. The number of hydrogen-bond acceptors (Lipinski definition) is 2. The van der Waals surface area contributed by atoms with Crippen LogP contribution in [0, 0.1) is 0 Å². The highest BCUT2D eigenvalue weighted by Crippen LogP contribution is 2.36. The highest BCUT2D eigenvalue weighted by Gasteiger charge is 2.24. The lowest BCUT2D eigenvalue weighted by Gasteiger charge is -2.24. The van der Waals surface area contributed by atoms with Crippen LogP contribution in [0.1, 0.15) is 43.0 Å². The standard InChI is InChI=1S/C16H23N3/c1-17-10-4-5-12-8-9-14-15(11-12)19(2)16(18-14)13-6-3-7-13/h8-9,11,13,17H,3-7,10H2,1-2H3. The van der Waals surface area contributed by atoms with E-state index in [0.29, 0.717) is 5.92 Å². The molecule has 1 fully saturated rings. The first-order valence-corrected chi connectivity index (χ1v) is 7.39. The number of imidazole rings is 1. The van der Waals surface area contributed by atoms with Gasteiger partial charge in [0.05, 0.1) is 11.0 Å². The van der Waals surface area contributed by atoms with E-state index in [1.54, 1.807) is 0 Å². The fourth-order valence-corrected chi connectivity index (χ4v) is 2.91. The first-order valence-electron chi connectivity index (χ1n) is 7.39. The van der Waals surface area contributed by atoms with Gasteiger partial charge in [0.2, 0.25) is 0 Å². The minimum atomic E-state index is 0.699. The van der Waals surface area contributed by atoms with Gasteiger partial charge in [0, 0.05) is 13.0 Å². The van der Waals surface area contributed by atoms with E-state index in [1.807, 2.05) is 7.05 Å². The molecule has 0 radical (unpaired) electrons. The van der Waals surface area contributed by atoms with Crippen molar-refractivity contribution in [2.75, 3.05) is 13.6 Å². The number of aromatic nitrogens is 2. The summed E-state index contributed by atoms with van der Waals surface area (Å²) in [6.07, 6.45) is 6.32. The molecular weight excluding hydrogens is 234 g/mol. The number of hydrogen-bond donors (Lipinski definition) is 1. The molecule has 0 unspecified atom stereocenters. The predicted octanol–water partition coefficient (Wildman–Crippen LogP) is 2.99. The number of fused-ring (bicyclic) bond motifs is 1. The summed E-state index contributed by atoms with van der Waals surface area (Å²) >= 11 is 0. The predicted molar refractivity (Wildman–Crippen MR) is 79.6 cm³/mol. The Morgan fingerprint density at radius 3 is 2.89 bits per heavy atom. The summed E-state index contributed by atoms with van der Waals surface area (Å²) in [5.74, 6) is 1.98. The zero-order chi connectivity index (χ0) is 13.2. The second-order valence-electron chi connectivity index (χ2n) is 5.69. The summed E-state index contributed by atoms with van der Waals surface area (Å²) in [5.41, 5.74) is 3.87. The molecule has 0 spiro atoms. The Kier molecular flexibility index (Phi) is 3.56. The molecule has 1 heterocycles. The third kappa shape index (κ3) is 2.39. The number of nitrogens with one attached hydrogen (secondary N) is 1. The lowest BCUT2D eigenvalue weighted by Crippen LogP contribution is -2.13. The number of rotatable bonds is 5. The van der Waals surface area contributed by atoms with Crippen molar-refractivity contribution in [3.8, 4) is 0 Å². The molecule has 3 nitrogen and oxygen atoms in total. The molecule has 0 bridgehead atoms. The smallest absolute Gasteiger partial charge is 0.112 e. The average Bonchev–Trinajstić information content (AvgIpc) is 2.66. The van der Waals surface area contributed by atoms with Crippen LogP contribution in [0.5, 0.6) is 0 Å². The van der Waals surface area contributed by atoms with Crippen molar-refractivity contribution in [1.29, 1.82) is 0 Å². The first kappa shape index (κ1) is 12.7. The monoisotopic (exact) mass is 257 g/mol. The molecule has 102 valence electrons. The van der Waals surface area contributed by atoms with Crippen LogP contribution in [0.2, 0.25) is 0 Å². The zero-order valence-corrected chi connectivity index (χ0v) is 11.9. The highest BCUT2D eigenvalue weighted by atomic mass is 15.1. The average molecular weight is 257 g/mol. The van der Waals surface area contributed by atoms with Crippen LogP contribution in [0.25, 0.3) is 11.0 Å². The van der Waals surface area contributed by atoms with Crippen molar-refractivity contribution >= 4 is 11.0 Å². The summed E-state index contributed by atoms with van der Waals surface area (Å²) in [4.78, 5) is 4.82. The van der Waals surface area contributed by atoms with Gasteiger partial charge in [-0.1, -0.05) is 12.5 Å². The molecule has 0 aliphatic heterocycles. The van der Waals surface area contributed by atoms with Crippen LogP contribution in [-0.2, 0) is 13.5 Å². The van der Waals surface area contributed by atoms with Crippen molar-refractivity contribution in [2.24, 2.45) is 7.05 Å². The lowest BCUT2D eigenvalue weighted by atomic mass is 9.85. The first-order chi connectivity index (χ1) is 9.29. The SMILES string of the molecule is CNCCCc1ccc2nc(C3CCC3)n(C)c2c1. The van der Waals surface area contributed by atoms with Gasteiger partial charge < -0.3 is 9.88 Å². The van der Waals surface area contributed by atoms with E-state index in [0.717, 1.165) is 18.5 Å². The van der Waals surface area contributed by atoms with Crippen LogP contribution in [0.4, 0.5) is 0 Å². The van der Waals surface area contributed by atoms with Gasteiger partial charge in [-0.3, -0.25) is 0 Å². The van der Waals surface area contributed by atoms with E-state index in [4.69, 9.17) is 4.98 Å². The van der Waals surface area contributed by atoms with E-state index in [-0.39, 0.29) is 0 Å². The van der Waals surface area contributed by atoms with Crippen molar-refractivity contribution in [3.05, 3.63) is 29.6 Å². The van der Waals surface area contributed by atoms with E-state index in [2.05, 4.69) is 35.1 Å². The molecule has 1 aromatic carbocycles. The van der Waals surface area contributed by atoms with Gasteiger partial charge in [-0.15, -0.1) is 0 Å². The van der Waals surface area contributed by atoms with Crippen molar-refractivity contribution in [2.45, 2.75) is 38.0 Å². The molecule has 1 aromatic heterocycles. The van der Waals surface area contributed by atoms with Crippen molar-refractivity contribution in [3.63, 3.8) is 0 Å². The van der Waals surface area contributed by atoms with Crippen molar-refractivity contribution in [1.82, 2.24) is 14.9 Å². The summed E-state index contributed by atoms with van der Waals surface area (Å²) in [7, 11) is 4.18. The second kappa shape index (κ2) is 5.33. The maximum absolute atomic E-state index is 4.82. The Morgan fingerprint density at radius 1 is 1.37 bits per heavy atom. The molecule has 0 atom stereocenters. The minimum Gasteiger partial charge on any atom is -0.331 e. The van der Waals surface area contributed by atoms with E-state index in [9.17, 15) is 0 Å². The van der Waals surface area contributed by atoms with Crippen LogP contribution in [0.15, 0.2) is 18.2 Å². The minimum absolute atomic E-state index is 0.699. The molecule has 2 aromatic rings. The quantitative estimate of drug-likeness (QED) is 0.835. The summed E-state index contributed by atoms with van der Waals surface area (Å²) in [6, 6.07) is 6.74. The van der Waals surface area contributed by atoms with Gasteiger partial charge in [0.15, 0.2) is 0 Å². The fourth-order valence-electron chi connectivity index (χ4n) is 2.91. The Hall–Kier alpha value is -1.35. The van der Waals surface area contributed by atoms with Crippen LogP contribution in [-0.4, -0.2) is 23.1 Å². The Bertz CT molecular complexity index is 567.